The number of anilines is 1. The normalized spacial score (nSPS) is 18.2. The van der Waals surface area contributed by atoms with Crippen LogP contribution in [0.4, 0.5) is 10.2 Å². The first-order chi connectivity index (χ1) is 14.8. The Kier molecular flexibility index (Phi) is 5.19. The van der Waals surface area contributed by atoms with Crippen LogP contribution in [0.25, 0.3) is 5.76 Å². The Hall–Kier alpha value is -3.74. The summed E-state index contributed by atoms with van der Waals surface area (Å²) in [5, 5.41) is 14.9. The third-order valence-electron chi connectivity index (χ3n) is 5.34. The number of hydrogen-bond donors (Lipinski definition) is 1. The number of nitrogens with zero attached hydrogens (tertiary/aromatic N) is 2. The standard InChI is InChI=1S/C24H21FN2O4/c1-13(2)15-4-6-16(7-5-15)21-20(22(28)17-8-10-18(25)11-9-17)23(29)24(30)27(21)19-12-14(3)31-26-19/h4-13,21,28H,1-3H3/b22-20+/t21-/m0/s1. The summed E-state index contributed by atoms with van der Waals surface area (Å²) in [5.74, 6) is -1.57. The number of aromatic nitrogens is 1. The molecule has 1 aliphatic rings. The van der Waals surface area contributed by atoms with Gasteiger partial charge in [0.05, 0.1) is 11.6 Å². The molecule has 2 heterocycles. The number of aliphatic hydroxyl groups is 1. The molecule has 1 N–H and O–H groups in total. The van der Waals surface area contributed by atoms with Gasteiger partial charge in [0, 0.05) is 11.6 Å². The van der Waals surface area contributed by atoms with Crippen LogP contribution in [0.1, 0.15) is 48.3 Å². The number of benzene rings is 2. The zero-order chi connectivity index (χ0) is 22.3. The molecular formula is C24H21FN2O4. The Morgan fingerprint density at radius 2 is 1.74 bits per heavy atom. The number of aryl methyl sites for hydroxylation is 1. The molecule has 2 aromatic carbocycles. The minimum Gasteiger partial charge on any atom is -0.507 e. The molecular weight excluding hydrogens is 399 g/mol. The minimum absolute atomic E-state index is 0.0884. The van der Waals surface area contributed by atoms with Crippen molar-refractivity contribution in [3.63, 3.8) is 0 Å². The van der Waals surface area contributed by atoms with Crippen molar-refractivity contribution < 1.29 is 23.6 Å². The molecule has 4 rings (SSSR count). The van der Waals surface area contributed by atoms with E-state index in [4.69, 9.17) is 4.52 Å². The maximum absolute atomic E-state index is 13.4. The fourth-order valence-corrected chi connectivity index (χ4v) is 3.68. The van der Waals surface area contributed by atoms with Crippen molar-refractivity contribution in [1.82, 2.24) is 5.16 Å². The van der Waals surface area contributed by atoms with E-state index >= 15 is 0 Å². The average Bonchev–Trinajstić information content (AvgIpc) is 3.29. The van der Waals surface area contributed by atoms with Gasteiger partial charge in [0.1, 0.15) is 17.3 Å². The molecule has 7 heteroatoms. The summed E-state index contributed by atoms with van der Waals surface area (Å²) in [5.41, 5.74) is 1.87. The molecule has 1 aromatic heterocycles. The number of Topliss-reactive ketones (excluding diaryl/α,β-unsaturated/α-hetero) is 1. The van der Waals surface area contributed by atoms with Crippen LogP contribution in [-0.2, 0) is 9.59 Å². The van der Waals surface area contributed by atoms with Crippen LogP contribution >= 0.6 is 0 Å². The summed E-state index contributed by atoms with van der Waals surface area (Å²) in [7, 11) is 0. The van der Waals surface area contributed by atoms with E-state index in [1.54, 1.807) is 13.0 Å². The van der Waals surface area contributed by atoms with Gasteiger partial charge in [-0.05, 0) is 48.2 Å². The molecule has 1 amide bonds. The highest BCUT2D eigenvalue weighted by atomic mass is 19.1. The van der Waals surface area contributed by atoms with Crippen molar-refractivity contribution >= 4 is 23.3 Å². The molecule has 158 valence electrons. The van der Waals surface area contributed by atoms with Gasteiger partial charge in [-0.3, -0.25) is 14.5 Å². The molecule has 0 radical (unpaired) electrons. The maximum atomic E-state index is 13.4. The second kappa shape index (κ2) is 7.83. The average molecular weight is 420 g/mol. The number of carbonyl (C=O) groups is 2. The van der Waals surface area contributed by atoms with Crippen molar-refractivity contribution in [2.75, 3.05) is 4.90 Å². The summed E-state index contributed by atoms with van der Waals surface area (Å²) in [6, 6.07) is 13.2. The van der Waals surface area contributed by atoms with Crippen LogP contribution < -0.4 is 4.90 Å². The Morgan fingerprint density at radius 3 is 2.29 bits per heavy atom. The number of hydrogen-bond acceptors (Lipinski definition) is 5. The first kappa shape index (κ1) is 20.5. The molecule has 0 spiro atoms. The van der Waals surface area contributed by atoms with Crippen LogP contribution in [0.2, 0.25) is 0 Å². The van der Waals surface area contributed by atoms with E-state index in [9.17, 15) is 19.1 Å². The van der Waals surface area contributed by atoms with Crippen molar-refractivity contribution in [3.8, 4) is 0 Å². The van der Waals surface area contributed by atoms with E-state index in [0.29, 0.717) is 17.2 Å². The van der Waals surface area contributed by atoms with Crippen LogP contribution in [0, 0.1) is 12.7 Å². The molecule has 1 aliphatic heterocycles. The van der Waals surface area contributed by atoms with Gasteiger partial charge in [-0.1, -0.05) is 43.3 Å². The summed E-state index contributed by atoms with van der Waals surface area (Å²) in [4.78, 5) is 27.2. The molecule has 0 unspecified atom stereocenters. The van der Waals surface area contributed by atoms with Crippen molar-refractivity contribution in [2.45, 2.75) is 32.7 Å². The summed E-state index contributed by atoms with van der Waals surface area (Å²) < 4.78 is 18.5. The van der Waals surface area contributed by atoms with E-state index in [-0.39, 0.29) is 22.7 Å². The van der Waals surface area contributed by atoms with Gasteiger partial charge in [-0.2, -0.15) is 0 Å². The van der Waals surface area contributed by atoms with Crippen LogP contribution in [0.5, 0.6) is 0 Å². The highest BCUT2D eigenvalue weighted by Gasteiger charge is 2.48. The molecule has 6 nitrogen and oxygen atoms in total. The number of halogens is 1. The lowest BCUT2D eigenvalue weighted by Gasteiger charge is -2.23. The minimum atomic E-state index is -0.907. The molecule has 1 atom stereocenters. The number of amides is 1. The lowest BCUT2D eigenvalue weighted by Crippen LogP contribution is -2.29. The van der Waals surface area contributed by atoms with E-state index in [2.05, 4.69) is 19.0 Å². The predicted molar refractivity (Wildman–Crippen MR) is 113 cm³/mol. The monoisotopic (exact) mass is 420 g/mol. The third-order valence-corrected chi connectivity index (χ3v) is 5.34. The maximum Gasteiger partial charge on any atom is 0.301 e. The van der Waals surface area contributed by atoms with Gasteiger partial charge in [0.15, 0.2) is 5.82 Å². The van der Waals surface area contributed by atoms with Gasteiger partial charge in [0.2, 0.25) is 0 Å². The zero-order valence-electron chi connectivity index (χ0n) is 17.3. The topological polar surface area (TPSA) is 83.6 Å². The Morgan fingerprint density at radius 1 is 1.10 bits per heavy atom. The second-order valence-corrected chi connectivity index (χ2v) is 7.79. The van der Waals surface area contributed by atoms with Gasteiger partial charge < -0.3 is 9.63 Å². The second-order valence-electron chi connectivity index (χ2n) is 7.79. The van der Waals surface area contributed by atoms with Gasteiger partial charge in [-0.25, -0.2) is 4.39 Å². The smallest absolute Gasteiger partial charge is 0.301 e. The fraction of sp³-hybridized carbons (Fsp3) is 0.208. The van der Waals surface area contributed by atoms with Crippen LogP contribution in [0.3, 0.4) is 0 Å². The van der Waals surface area contributed by atoms with Crippen molar-refractivity contribution in [1.29, 1.82) is 0 Å². The largest absolute Gasteiger partial charge is 0.507 e. The highest BCUT2D eigenvalue weighted by Crippen LogP contribution is 2.42. The molecule has 0 saturated carbocycles. The number of ketones is 1. The Bertz CT molecular complexity index is 1180. The number of aliphatic hydroxyl groups excluding tert-OH is 1. The lowest BCUT2D eigenvalue weighted by atomic mass is 9.93. The first-order valence-corrected chi connectivity index (χ1v) is 9.88. The first-order valence-electron chi connectivity index (χ1n) is 9.88. The molecule has 3 aromatic rings. The number of rotatable bonds is 4. The van der Waals surface area contributed by atoms with E-state index < -0.39 is 23.5 Å². The van der Waals surface area contributed by atoms with Crippen LogP contribution in [-0.4, -0.2) is 22.0 Å². The Balaban J connectivity index is 1.91. The summed E-state index contributed by atoms with van der Waals surface area (Å²) >= 11 is 0. The fourth-order valence-electron chi connectivity index (χ4n) is 3.68. The SMILES string of the molecule is Cc1cc(N2C(=O)C(=O)/C(=C(/O)c3ccc(F)cc3)[C@@H]2c2ccc(C(C)C)cc2)no1. The molecule has 31 heavy (non-hydrogen) atoms. The van der Waals surface area contributed by atoms with Crippen LogP contribution in [0.15, 0.2) is 64.7 Å². The third kappa shape index (κ3) is 3.63. The zero-order valence-corrected chi connectivity index (χ0v) is 17.3. The summed E-state index contributed by atoms with van der Waals surface area (Å²) in [6.07, 6.45) is 0. The lowest BCUT2D eigenvalue weighted by molar-refractivity contribution is -0.132. The van der Waals surface area contributed by atoms with Gasteiger partial charge in [0.25, 0.3) is 5.78 Å². The summed E-state index contributed by atoms with van der Waals surface area (Å²) in [6.45, 7) is 5.81. The van der Waals surface area contributed by atoms with Gasteiger partial charge >= 0.3 is 5.91 Å². The van der Waals surface area contributed by atoms with Gasteiger partial charge in [-0.15, -0.1) is 0 Å². The predicted octanol–water partition coefficient (Wildman–Crippen LogP) is 4.87. The molecule has 1 fully saturated rings. The highest BCUT2D eigenvalue weighted by molar-refractivity contribution is 6.51. The van der Waals surface area contributed by atoms with E-state index in [0.717, 1.165) is 5.56 Å². The van der Waals surface area contributed by atoms with E-state index in [1.165, 1.54) is 29.2 Å². The molecule has 1 saturated heterocycles. The molecule has 0 bridgehead atoms. The Labute approximate surface area is 178 Å². The quantitative estimate of drug-likeness (QED) is 0.370. The van der Waals surface area contributed by atoms with E-state index in [1.807, 2.05) is 24.3 Å². The number of carbonyl (C=O) groups excluding carboxylic acids is 2. The van der Waals surface area contributed by atoms with Crippen molar-refractivity contribution in [3.05, 3.63) is 88.4 Å². The molecule has 0 aliphatic carbocycles. The van der Waals surface area contributed by atoms with Crippen molar-refractivity contribution in [2.24, 2.45) is 0 Å².